The lowest BCUT2D eigenvalue weighted by atomic mass is 9.98. The molecule has 0 radical (unpaired) electrons. The topological polar surface area (TPSA) is 109 Å². The maximum absolute atomic E-state index is 13.0. The van der Waals surface area contributed by atoms with Crippen LogP contribution in [-0.2, 0) is 25.5 Å². The zero-order chi connectivity index (χ0) is 26.9. The summed E-state index contributed by atoms with van der Waals surface area (Å²) in [7, 11) is 0. The molecular weight excluding hydrogens is 516 g/mol. The Kier molecular flexibility index (Phi) is 10.5. The highest BCUT2D eigenvalue weighted by atomic mass is 35.5. The molecule has 1 N–H and O–H groups in total. The van der Waals surface area contributed by atoms with E-state index in [4.69, 9.17) is 16.3 Å². The summed E-state index contributed by atoms with van der Waals surface area (Å²) < 4.78 is 5.10. The number of nitrogens with zero attached hydrogens (tertiary/aromatic N) is 3. The van der Waals surface area contributed by atoms with Gasteiger partial charge in [-0.05, 0) is 37.8 Å². The molecule has 2 heterocycles. The molecule has 200 valence electrons. The monoisotopic (exact) mass is 548 g/mol. The van der Waals surface area contributed by atoms with Crippen LogP contribution in [0.15, 0.2) is 29.6 Å². The molecule has 1 unspecified atom stereocenters. The fourth-order valence-electron chi connectivity index (χ4n) is 4.17. The number of piperidine rings is 1. The van der Waals surface area contributed by atoms with Crippen molar-refractivity contribution in [3.63, 3.8) is 0 Å². The third-order valence-corrected chi connectivity index (χ3v) is 6.97. The lowest BCUT2D eigenvalue weighted by Gasteiger charge is -2.31. The molecule has 0 spiro atoms. The summed E-state index contributed by atoms with van der Waals surface area (Å²) in [6, 6.07) is 6.75. The van der Waals surface area contributed by atoms with Crippen molar-refractivity contribution in [1.29, 1.82) is 0 Å². The first-order valence-electron chi connectivity index (χ1n) is 12.4. The molecule has 0 bridgehead atoms. The highest BCUT2D eigenvalue weighted by molar-refractivity contribution is 7.13. The van der Waals surface area contributed by atoms with Crippen LogP contribution >= 0.6 is 22.9 Å². The van der Waals surface area contributed by atoms with Gasteiger partial charge in [-0.3, -0.25) is 19.2 Å². The number of anilines is 1. The van der Waals surface area contributed by atoms with Gasteiger partial charge in [0.15, 0.2) is 5.13 Å². The van der Waals surface area contributed by atoms with E-state index in [1.807, 2.05) is 13.8 Å². The van der Waals surface area contributed by atoms with Crippen molar-refractivity contribution in [2.75, 3.05) is 38.1 Å². The number of ether oxygens (including phenoxy) is 1. The molecule has 1 aromatic heterocycles. The van der Waals surface area contributed by atoms with Gasteiger partial charge >= 0.3 is 5.97 Å². The summed E-state index contributed by atoms with van der Waals surface area (Å²) in [4.78, 5) is 58.2. The quantitative estimate of drug-likeness (QED) is 0.451. The number of hydrogen-bond donors (Lipinski definition) is 1. The van der Waals surface area contributed by atoms with Gasteiger partial charge in [0, 0.05) is 25.0 Å². The molecule has 9 nitrogen and oxygen atoms in total. The number of esters is 1. The van der Waals surface area contributed by atoms with Gasteiger partial charge < -0.3 is 19.9 Å². The van der Waals surface area contributed by atoms with E-state index in [2.05, 4.69) is 10.3 Å². The van der Waals surface area contributed by atoms with E-state index in [1.54, 1.807) is 41.5 Å². The summed E-state index contributed by atoms with van der Waals surface area (Å²) >= 11 is 7.41. The Hall–Kier alpha value is -2.98. The van der Waals surface area contributed by atoms with Crippen LogP contribution in [0.5, 0.6) is 0 Å². The predicted molar refractivity (Wildman–Crippen MR) is 143 cm³/mol. The summed E-state index contributed by atoms with van der Waals surface area (Å²) in [5.74, 6) is -1.24. The number of benzene rings is 1. The van der Waals surface area contributed by atoms with Crippen molar-refractivity contribution in [3.8, 4) is 0 Å². The molecule has 3 rings (SSSR count). The van der Waals surface area contributed by atoms with E-state index in [0.717, 1.165) is 6.42 Å². The minimum Gasteiger partial charge on any atom is -0.466 e. The molecular formula is C26H33ClN4O5S. The predicted octanol–water partition coefficient (Wildman–Crippen LogP) is 3.88. The first-order chi connectivity index (χ1) is 17.7. The first kappa shape index (κ1) is 28.6. The molecule has 2 aromatic rings. The number of halogens is 1. The number of likely N-dealkylation sites (tertiary alicyclic amines) is 1. The van der Waals surface area contributed by atoms with Gasteiger partial charge in [-0.1, -0.05) is 37.6 Å². The van der Waals surface area contributed by atoms with Gasteiger partial charge in [-0.15, -0.1) is 11.3 Å². The maximum Gasteiger partial charge on any atom is 0.310 e. The molecule has 1 saturated heterocycles. The van der Waals surface area contributed by atoms with Gasteiger partial charge in [0.1, 0.15) is 6.54 Å². The maximum atomic E-state index is 13.0. The van der Waals surface area contributed by atoms with Crippen LogP contribution in [0, 0.1) is 11.8 Å². The third kappa shape index (κ3) is 8.26. The van der Waals surface area contributed by atoms with Crippen LogP contribution in [0.25, 0.3) is 0 Å². The number of carbonyl (C=O) groups is 4. The molecule has 3 amide bonds. The van der Waals surface area contributed by atoms with Crippen LogP contribution in [0.4, 0.5) is 5.13 Å². The second-order valence-electron chi connectivity index (χ2n) is 9.36. The van der Waals surface area contributed by atoms with Crippen LogP contribution in [0.2, 0.25) is 5.02 Å². The average molecular weight is 549 g/mol. The molecule has 0 saturated carbocycles. The Balaban J connectivity index is 1.57. The van der Waals surface area contributed by atoms with E-state index in [9.17, 15) is 19.2 Å². The van der Waals surface area contributed by atoms with E-state index >= 15 is 0 Å². The largest absolute Gasteiger partial charge is 0.466 e. The van der Waals surface area contributed by atoms with Crippen LogP contribution < -0.4 is 5.32 Å². The standard InChI is InChI=1S/C26H33ClN4O5S/c1-4-36-25(35)18-8-7-11-30(14-18)23(33)12-19-16-37-26(28-19)29-22(32)15-31(13-17(2)3)24(34)20-9-5-6-10-21(20)27/h5-6,9-10,16-18H,4,7-8,11-15H2,1-3H3,(H,28,29,32). The average Bonchev–Trinajstić information content (AvgIpc) is 3.29. The smallest absolute Gasteiger partial charge is 0.310 e. The second-order valence-corrected chi connectivity index (χ2v) is 10.6. The highest BCUT2D eigenvalue weighted by Crippen LogP contribution is 2.21. The number of amides is 3. The number of nitrogens with one attached hydrogen (secondary N) is 1. The minimum atomic E-state index is -0.387. The number of rotatable bonds is 10. The molecule has 1 atom stereocenters. The molecule has 11 heteroatoms. The second kappa shape index (κ2) is 13.5. The SMILES string of the molecule is CCOC(=O)C1CCCN(C(=O)Cc2csc(NC(=O)CN(CC(C)C)C(=O)c3ccccc3Cl)n2)C1. The summed E-state index contributed by atoms with van der Waals surface area (Å²) in [5.41, 5.74) is 0.880. The van der Waals surface area contributed by atoms with Gasteiger partial charge in [-0.2, -0.15) is 0 Å². The van der Waals surface area contributed by atoms with Gasteiger partial charge in [0.2, 0.25) is 11.8 Å². The van der Waals surface area contributed by atoms with Crippen LogP contribution in [0.1, 0.15) is 49.7 Å². The molecule has 1 aliphatic rings. The molecule has 0 aliphatic carbocycles. The molecule has 1 fully saturated rings. The third-order valence-electron chi connectivity index (χ3n) is 5.84. The van der Waals surface area contributed by atoms with E-state index < -0.39 is 0 Å². The molecule has 1 aromatic carbocycles. The van der Waals surface area contributed by atoms with Crippen molar-refractivity contribution in [2.24, 2.45) is 11.8 Å². The number of hydrogen-bond acceptors (Lipinski definition) is 7. The van der Waals surface area contributed by atoms with Crippen molar-refractivity contribution in [1.82, 2.24) is 14.8 Å². The van der Waals surface area contributed by atoms with Gasteiger partial charge in [0.25, 0.3) is 5.91 Å². The Labute approximate surface area is 226 Å². The Bertz CT molecular complexity index is 1120. The van der Waals surface area contributed by atoms with E-state index in [-0.39, 0.29) is 48.5 Å². The number of thiazole rings is 1. The Morgan fingerprint density at radius 2 is 2.03 bits per heavy atom. The molecule has 37 heavy (non-hydrogen) atoms. The lowest BCUT2D eigenvalue weighted by Crippen LogP contribution is -2.43. The number of carbonyl (C=O) groups excluding carboxylic acids is 4. The fourth-order valence-corrected chi connectivity index (χ4v) is 5.11. The van der Waals surface area contributed by atoms with Gasteiger partial charge in [0.05, 0.1) is 35.2 Å². The number of aromatic nitrogens is 1. The Morgan fingerprint density at radius 3 is 2.73 bits per heavy atom. The zero-order valence-electron chi connectivity index (χ0n) is 21.4. The summed E-state index contributed by atoms with van der Waals surface area (Å²) in [6.07, 6.45) is 1.53. The van der Waals surface area contributed by atoms with Crippen LogP contribution in [0.3, 0.4) is 0 Å². The van der Waals surface area contributed by atoms with Crippen molar-refractivity contribution in [3.05, 3.63) is 45.9 Å². The van der Waals surface area contributed by atoms with Crippen molar-refractivity contribution >= 4 is 51.8 Å². The summed E-state index contributed by atoms with van der Waals surface area (Å²) in [6.45, 7) is 7.18. The van der Waals surface area contributed by atoms with Crippen LogP contribution in [-0.4, -0.2) is 71.3 Å². The summed E-state index contributed by atoms with van der Waals surface area (Å²) in [5, 5.41) is 5.14. The van der Waals surface area contributed by atoms with E-state index in [1.165, 1.54) is 16.2 Å². The van der Waals surface area contributed by atoms with E-state index in [0.29, 0.717) is 54.1 Å². The van der Waals surface area contributed by atoms with Gasteiger partial charge in [-0.25, -0.2) is 4.98 Å². The molecule has 1 aliphatic heterocycles. The Morgan fingerprint density at radius 1 is 1.27 bits per heavy atom. The van der Waals surface area contributed by atoms with Crippen molar-refractivity contribution in [2.45, 2.75) is 40.0 Å². The first-order valence-corrected chi connectivity index (χ1v) is 13.7. The van der Waals surface area contributed by atoms with Crippen molar-refractivity contribution < 1.29 is 23.9 Å². The normalized spacial score (nSPS) is 15.4. The highest BCUT2D eigenvalue weighted by Gasteiger charge is 2.29. The zero-order valence-corrected chi connectivity index (χ0v) is 22.9. The fraction of sp³-hybridized carbons (Fsp3) is 0.500. The lowest BCUT2D eigenvalue weighted by molar-refractivity contribution is -0.151. The minimum absolute atomic E-state index is 0.0758.